The van der Waals surface area contributed by atoms with Gasteiger partial charge in [0.25, 0.3) is 0 Å². The Bertz CT molecular complexity index is 1760. The van der Waals surface area contributed by atoms with Crippen molar-refractivity contribution in [3.05, 3.63) is 84.2 Å². The summed E-state index contributed by atoms with van der Waals surface area (Å²) in [7, 11) is 1.56. The normalized spacial score (nSPS) is 14.9. The Kier molecular flexibility index (Phi) is 10.2. The fraction of sp³-hybridized carbons (Fsp3) is 0.303. The summed E-state index contributed by atoms with van der Waals surface area (Å²) in [5.41, 5.74) is 3.86. The van der Waals surface area contributed by atoms with E-state index in [4.69, 9.17) is 4.74 Å². The second-order valence-corrected chi connectivity index (χ2v) is 11.9. The zero-order chi connectivity index (χ0) is 33.7. The fourth-order valence-electron chi connectivity index (χ4n) is 5.07. The van der Waals surface area contributed by atoms with Gasteiger partial charge in [-0.25, -0.2) is 14.5 Å². The molecule has 0 radical (unpaired) electrons. The number of benzene rings is 3. The maximum absolute atomic E-state index is 13.0. The number of hydrogen-bond donors (Lipinski definition) is 1. The van der Waals surface area contributed by atoms with Crippen molar-refractivity contribution in [1.82, 2.24) is 20.1 Å². The van der Waals surface area contributed by atoms with Crippen LogP contribution in [-0.4, -0.2) is 57.6 Å². The van der Waals surface area contributed by atoms with E-state index < -0.39 is 12.4 Å². The Morgan fingerprint density at radius 2 is 1.77 bits per heavy atom. The number of carbonyl (C=O) groups is 2. The number of amides is 3. The summed E-state index contributed by atoms with van der Waals surface area (Å²) in [6.07, 6.45) is -2.54. The fourth-order valence-corrected chi connectivity index (χ4v) is 5.93. The molecule has 1 saturated heterocycles. The van der Waals surface area contributed by atoms with Gasteiger partial charge in [0.1, 0.15) is 17.8 Å². The van der Waals surface area contributed by atoms with Crippen molar-refractivity contribution in [3.63, 3.8) is 0 Å². The topological polar surface area (TPSA) is 111 Å². The number of carbonyl (C=O) groups excluding carboxylic acids is 2. The predicted molar refractivity (Wildman–Crippen MR) is 174 cm³/mol. The van der Waals surface area contributed by atoms with Crippen LogP contribution in [0.25, 0.3) is 17.1 Å². The molecule has 1 unspecified atom stereocenters. The maximum atomic E-state index is 13.0. The standard InChI is InChI=1S/C33H33F3N6O4S/c1-5-21(17-37-31(44)39-32-42(29(43)18-47-32)28-16-26(45-4)14-15-27(28)20(2)3)22-6-8-23(9-7-22)30-38-19-41(40-30)24-10-12-25(13-11-24)46-33(34,35)36/h6-16,19-21H,5,17-18H2,1-4H3,(H,37,44). The first-order chi connectivity index (χ1) is 22.5. The summed E-state index contributed by atoms with van der Waals surface area (Å²) in [5.74, 6) is 0.874. The minimum absolute atomic E-state index is 0.00366. The Labute approximate surface area is 274 Å². The van der Waals surface area contributed by atoms with Gasteiger partial charge in [-0.1, -0.05) is 62.9 Å². The van der Waals surface area contributed by atoms with Gasteiger partial charge in [0.2, 0.25) is 5.91 Å². The second-order valence-electron chi connectivity index (χ2n) is 11.0. The third-order valence-corrected chi connectivity index (χ3v) is 8.45. The van der Waals surface area contributed by atoms with Gasteiger partial charge < -0.3 is 14.8 Å². The largest absolute Gasteiger partial charge is 0.573 e. The number of alkyl halides is 3. The third kappa shape index (κ3) is 8.12. The molecule has 2 heterocycles. The molecule has 3 amide bonds. The van der Waals surface area contributed by atoms with E-state index in [0.717, 1.165) is 23.1 Å². The van der Waals surface area contributed by atoms with E-state index in [0.29, 0.717) is 34.7 Å². The number of nitrogens with zero attached hydrogens (tertiary/aromatic N) is 5. The molecule has 3 aromatic carbocycles. The predicted octanol–water partition coefficient (Wildman–Crippen LogP) is 7.30. The molecule has 4 aromatic rings. The third-order valence-electron chi connectivity index (χ3n) is 7.52. The van der Waals surface area contributed by atoms with Crippen molar-refractivity contribution in [2.45, 2.75) is 45.4 Å². The zero-order valence-electron chi connectivity index (χ0n) is 26.1. The van der Waals surface area contributed by atoms with Crippen molar-refractivity contribution < 1.29 is 32.2 Å². The number of aromatic nitrogens is 3. The van der Waals surface area contributed by atoms with Crippen LogP contribution < -0.4 is 19.7 Å². The number of amidine groups is 1. The molecule has 14 heteroatoms. The van der Waals surface area contributed by atoms with Crippen molar-refractivity contribution >= 4 is 34.6 Å². The Hall–Kier alpha value is -4.85. The molecule has 47 heavy (non-hydrogen) atoms. The molecule has 1 atom stereocenters. The lowest BCUT2D eigenvalue weighted by molar-refractivity contribution is -0.274. The number of rotatable bonds is 10. The van der Waals surface area contributed by atoms with E-state index in [-0.39, 0.29) is 29.2 Å². The highest BCUT2D eigenvalue weighted by Gasteiger charge is 2.33. The minimum Gasteiger partial charge on any atom is -0.497 e. The number of anilines is 1. The molecule has 1 fully saturated rings. The van der Waals surface area contributed by atoms with Crippen LogP contribution in [0.2, 0.25) is 0 Å². The second kappa shape index (κ2) is 14.3. The first kappa shape index (κ1) is 33.5. The van der Waals surface area contributed by atoms with Crippen molar-refractivity contribution in [1.29, 1.82) is 0 Å². The van der Waals surface area contributed by atoms with Gasteiger partial charge in [-0.05, 0) is 53.8 Å². The molecule has 1 aromatic heterocycles. The SMILES string of the molecule is CCC(CNC(=O)N=C1SCC(=O)N1c1cc(OC)ccc1C(C)C)c1ccc(-c2ncn(-c3ccc(OC(F)(F)F)cc3)n2)cc1. The number of hydrogen-bond acceptors (Lipinski definition) is 7. The number of aliphatic imine (C=N–C) groups is 1. The highest BCUT2D eigenvalue weighted by atomic mass is 32.2. The Morgan fingerprint density at radius 1 is 1.06 bits per heavy atom. The first-order valence-electron chi connectivity index (χ1n) is 14.8. The smallest absolute Gasteiger partial charge is 0.497 e. The van der Waals surface area contributed by atoms with E-state index in [9.17, 15) is 22.8 Å². The molecule has 1 aliphatic heterocycles. The molecule has 0 aliphatic carbocycles. The van der Waals surface area contributed by atoms with Crippen molar-refractivity contribution in [2.24, 2.45) is 4.99 Å². The lowest BCUT2D eigenvalue weighted by Crippen LogP contribution is -2.33. The molecular weight excluding hydrogens is 633 g/mol. The van der Waals surface area contributed by atoms with Gasteiger partial charge in [0, 0.05) is 24.1 Å². The summed E-state index contributed by atoms with van der Waals surface area (Å²) < 4.78 is 48.1. The Balaban J connectivity index is 1.23. The molecule has 10 nitrogen and oxygen atoms in total. The van der Waals surface area contributed by atoms with Gasteiger partial charge in [-0.3, -0.25) is 9.69 Å². The van der Waals surface area contributed by atoms with E-state index in [2.05, 4.69) is 25.1 Å². The van der Waals surface area contributed by atoms with Gasteiger partial charge >= 0.3 is 12.4 Å². The minimum atomic E-state index is -4.76. The van der Waals surface area contributed by atoms with Crippen molar-refractivity contribution in [3.8, 4) is 28.6 Å². The number of nitrogens with one attached hydrogen (secondary N) is 1. The average molecular weight is 667 g/mol. The van der Waals surface area contributed by atoms with E-state index in [1.54, 1.807) is 13.2 Å². The van der Waals surface area contributed by atoms with Gasteiger partial charge in [0.05, 0.1) is 24.2 Å². The average Bonchev–Trinajstić information content (AvgIpc) is 3.68. The first-order valence-corrected chi connectivity index (χ1v) is 15.8. The van der Waals surface area contributed by atoms with Crippen molar-refractivity contribution in [2.75, 3.05) is 24.3 Å². The summed E-state index contributed by atoms with van der Waals surface area (Å²) in [6, 6.07) is 18.0. The zero-order valence-corrected chi connectivity index (χ0v) is 26.9. The monoisotopic (exact) mass is 666 g/mol. The number of methoxy groups -OCH3 is 1. The van der Waals surface area contributed by atoms with Crippen LogP contribution in [0.15, 0.2) is 78.0 Å². The summed E-state index contributed by atoms with van der Waals surface area (Å²) in [5, 5.41) is 7.66. The van der Waals surface area contributed by atoms with Crippen LogP contribution in [0.1, 0.15) is 50.2 Å². The molecule has 0 bridgehead atoms. The van der Waals surface area contributed by atoms with Crippen LogP contribution in [0.3, 0.4) is 0 Å². The van der Waals surface area contributed by atoms with Gasteiger partial charge in [-0.2, -0.15) is 4.99 Å². The van der Waals surface area contributed by atoms with Crippen LogP contribution in [0.4, 0.5) is 23.7 Å². The highest BCUT2D eigenvalue weighted by Crippen LogP contribution is 2.36. The van der Waals surface area contributed by atoms with Gasteiger partial charge in [-0.15, -0.1) is 18.3 Å². The molecule has 0 saturated carbocycles. The summed E-state index contributed by atoms with van der Waals surface area (Å²) in [4.78, 5) is 36.0. The van der Waals surface area contributed by atoms with Crippen LogP contribution in [0, 0.1) is 0 Å². The summed E-state index contributed by atoms with van der Waals surface area (Å²) >= 11 is 1.22. The molecule has 246 valence electrons. The van der Waals surface area contributed by atoms with Crippen LogP contribution in [-0.2, 0) is 4.79 Å². The van der Waals surface area contributed by atoms with E-state index in [1.807, 2.05) is 57.2 Å². The number of halogens is 3. The lowest BCUT2D eigenvalue weighted by Gasteiger charge is -2.22. The number of ether oxygens (including phenoxy) is 2. The summed E-state index contributed by atoms with van der Waals surface area (Å²) in [6.45, 7) is 6.42. The van der Waals surface area contributed by atoms with E-state index >= 15 is 0 Å². The van der Waals surface area contributed by atoms with E-state index in [1.165, 1.54) is 51.9 Å². The number of thioether (sulfide) groups is 1. The quantitative estimate of drug-likeness (QED) is 0.189. The molecule has 5 rings (SSSR count). The van der Waals surface area contributed by atoms with Gasteiger partial charge in [0.15, 0.2) is 11.0 Å². The van der Waals surface area contributed by atoms with Crippen LogP contribution >= 0.6 is 11.8 Å². The van der Waals surface area contributed by atoms with Crippen LogP contribution in [0.5, 0.6) is 11.5 Å². The maximum Gasteiger partial charge on any atom is 0.573 e. The molecule has 0 spiro atoms. The molecule has 1 N–H and O–H groups in total. The number of urea groups is 1. The lowest BCUT2D eigenvalue weighted by atomic mass is 9.95. The molecule has 1 aliphatic rings. The molecular formula is C33H33F3N6O4S. The highest BCUT2D eigenvalue weighted by molar-refractivity contribution is 8.15. The Morgan fingerprint density at radius 3 is 2.40 bits per heavy atom.